The molecule has 26 heavy (non-hydrogen) atoms. The second-order valence-electron chi connectivity index (χ2n) is 3.54. The van der Waals surface area contributed by atoms with Crippen LogP contribution >= 0.6 is 34.8 Å². The van der Waals surface area contributed by atoms with Crippen molar-refractivity contribution in [3.8, 4) is 0 Å². The lowest BCUT2D eigenvalue weighted by Gasteiger charge is -1.96. The summed E-state index contributed by atoms with van der Waals surface area (Å²) < 4.78 is 8.80. The minimum atomic E-state index is -1.14. The first-order valence-electron chi connectivity index (χ1n) is 6.35. The molecule has 146 valence electrons. The average Bonchev–Trinajstić information content (AvgIpc) is 2.54. The molecule has 0 aromatic rings. The van der Waals surface area contributed by atoms with Crippen molar-refractivity contribution >= 4 is 68.4 Å². The lowest BCUT2D eigenvalue weighted by Crippen LogP contribution is -2.06. The van der Waals surface area contributed by atoms with Gasteiger partial charge in [-0.2, -0.15) is 0 Å². The van der Waals surface area contributed by atoms with E-state index >= 15 is 0 Å². The molecule has 1 N–H and O–H groups in total. The molecule has 0 atom stereocenters. The molecule has 0 saturated carbocycles. The molecule has 0 amide bonds. The van der Waals surface area contributed by atoms with Crippen LogP contribution < -0.4 is 0 Å². The Morgan fingerprint density at radius 1 is 0.769 bits per heavy atom. The highest BCUT2D eigenvalue weighted by Crippen LogP contribution is 1.89. The molecule has 0 fully saturated rings. The fourth-order valence-corrected chi connectivity index (χ4v) is 0.666. The minimum absolute atomic E-state index is 0.0210. The van der Waals surface area contributed by atoms with Gasteiger partial charge >= 0.3 is 28.4 Å². The smallest absolute Gasteiger partial charge is 0.330 e. The molecule has 0 radical (unpaired) electrons. The molecule has 0 saturated heterocycles. The van der Waals surface area contributed by atoms with Crippen molar-refractivity contribution in [3.05, 3.63) is 25.3 Å². The Balaban J connectivity index is -0.000000316. The Morgan fingerprint density at radius 2 is 1.12 bits per heavy atom. The number of halogens is 3. The first-order valence-corrected chi connectivity index (χ1v) is 7.49. The van der Waals surface area contributed by atoms with E-state index in [4.69, 9.17) is 16.7 Å². The van der Waals surface area contributed by atoms with E-state index in [1.54, 1.807) is 0 Å². The van der Waals surface area contributed by atoms with Crippen LogP contribution in [0.4, 0.5) is 0 Å². The van der Waals surface area contributed by atoms with Crippen LogP contribution in [-0.4, -0.2) is 52.0 Å². The lowest BCUT2D eigenvalue weighted by molar-refractivity contribution is -0.143. The van der Waals surface area contributed by atoms with Crippen LogP contribution in [0.2, 0.25) is 0 Å². The molecule has 12 heteroatoms. The van der Waals surface area contributed by atoms with Gasteiger partial charge in [0, 0.05) is 12.2 Å². The quantitative estimate of drug-likeness (QED) is 0.248. The maximum atomic E-state index is 10.3. The maximum Gasteiger partial charge on any atom is 0.330 e. The van der Waals surface area contributed by atoms with Gasteiger partial charge in [-0.3, -0.25) is 19.2 Å². The van der Waals surface area contributed by atoms with Gasteiger partial charge in [0.25, 0.3) is 0 Å². The number of ether oxygens (including phenoxy) is 2. The van der Waals surface area contributed by atoms with Crippen molar-refractivity contribution < 1.29 is 43.3 Å². The summed E-state index contributed by atoms with van der Waals surface area (Å²) in [6.45, 7) is 6.23. The van der Waals surface area contributed by atoms with Crippen LogP contribution in [0.3, 0.4) is 0 Å². The van der Waals surface area contributed by atoms with Crippen molar-refractivity contribution in [1.29, 1.82) is 0 Å². The maximum absolute atomic E-state index is 10.3. The largest absolute Gasteiger partial charge is 0.481 e. The zero-order valence-electron chi connectivity index (χ0n) is 13.2. The fourth-order valence-electron chi connectivity index (χ4n) is 0.589. The van der Waals surface area contributed by atoms with Crippen LogP contribution in [0.1, 0.15) is 12.8 Å². The number of carboxylic acids is 1. The molecule has 0 bridgehead atoms. The topological polar surface area (TPSA) is 141 Å². The summed E-state index contributed by atoms with van der Waals surface area (Å²) in [5, 5.41) is 5.28. The number of carbonyl (C=O) groups is 6. The van der Waals surface area contributed by atoms with Crippen LogP contribution in [0.15, 0.2) is 25.3 Å². The predicted octanol–water partition coefficient (Wildman–Crippen LogP) is 1.58. The number of carbonyl (C=O) groups excluding carboxylic acids is 5. The van der Waals surface area contributed by atoms with Gasteiger partial charge in [0.2, 0.25) is 5.24 Å². The Kier molecular flexibility index (Phi) is 21.0. The highest BCUT2D eigenvalue weighted by Gasteiger charge is 2.02. The molecule has 0 aliphatic rings. The van der Waals surface area contributed by atoms with Gasteiger partial charge in [0.1, 0.15) is 6.61 Å². The SMILES string of the molecule is C=CC(=O)OCCC(=O)Cl.C=CC(=O)OCCC(=O)O.O=C(Cl)C(=O)Cl. The van der Waals surface area contributed by atoms with E-state index in [0.29, 0.717) is 0 Å². The molecule has 0 aromatic heterocycles. The third-order valence-corrected chi connectivity index (χ3v) is 2.22. The molecule has 9 nitrogen and oxygen atoms in total. The normalized spacial score (nSPS) is 8.27. The third kappa shape index (κ3) is 29.7. The monoisotopic (exact) mass is 432 g/mol. The third-order valence-electron chi connectivity index (χ3n) is 1.59. The fraction of sp³-hybridized carbons (Fsp3) is 0.286. The van der Waals surface area contributed by atoms with Crippen molar-refractivity contribution in [1.82, 2.24) is 0 Å². The summed E-state index contributed by atoms with van der Waals surface area (Å²) in [6.07, 6.45) is 1.89. The highest BCUT2D eigenvalue weighted by atomic mass is 35.5. The molecule has 0 aliphatic heterocycles. The van der Waals surface area contributed by atoms with Gasteiger partial charge < -0.3 is 14.6 Å². The number of carboxylic acid groups (broad SMARTS) is 1. The Labute approximate surface area is 163 Å². The number of rotatable bonds is 9. The van der Waals surface area contributed by atoms with Gasteiger partial charge in [0.05, 0.1) is 19.4 Å². The number of hydrogen-bond donors (Lipinski definition) is 1. The van der Waals surface area contributed by atoms with E-state index in [-0.39, 0.29) is 26.1 Å². The zero-order chi connectivity index (χ0) is 21.1. The summed E-state index contributed by atoms with van der Waals surface area (Å²) >= 11 is 13.9. The molecular formula is C14H15Cl3O9. The van der Waals surface area contributed by atoms with Gasteiger partial charge in [-0.1, -0.05) is 13.2 Å². The first-order chi connectivity index (χ1) is 12.0. The zero-order valence-corrected chi connectivity index (χ0v) is 15.5. The average molecular weight is 434 g/mol. The summed E-state index contributed by atoms with van der Waals surface area (Å²) in [7, 11) is 0. The van der Waals surface area contributed by atoms with Crippen LogP contribution in [0.25, 0.3) is 0 Å². The van der Waals surface area contributed by atoms with Gasteiger partial charge in [-0.05, 0) is 34.8 Å². The Morgan fingerprint density at radius 3 is 1.35 bits per heavy atom. The molecule has 0 aromatic carbocycles. The predicted molar refractivity (Wildman–Crippen MR) is 91.8 cm³/mol. The minimum Gasteiger partial charge on any atom is -0.481 e. The van der Waals surface area contributed by atoms with E-state index < -0.39 is 33.6 Å². The van der Waals surface area contributed by atoms with E-state index in [1.165, 1.54) is 0 Å². The lowest BCUT2D eigenvalue weighted by atomic mass is 10.5. The Bertz CT molecular complexity index is 496. The summed E-state index contributed by atoms with van der Waals surface area (Å²) in [6, 6.07) is 0. The van der Waals surface area contributed by atoms with Crippen LogP contribution in [-0.2, 0) is 38.2 Å². The van der Waals surface area contributed by atoms with Gasteiger partial charge in [-0.15, -0.1) is 0 Å². The molecular weight excluding hydrogens is 419 g/mol. The second kappa shape index (κ2) is 19.1. The standard InChI is InChI=1S/C6H7ClO3.C6H8O4.C2Cl2O2/c2*1-2-6(9)10-4-3-5(7)8;3-1(5)2(4)6/h2H,1,3-4H2;2H,1,3-4H2,(H,7,8);. The summed E-state index contributed by atoms with van der Waals surface area (Å²) in [4.78, 5) is 59.3. The van der Waals surface area contributed by atoms with Crippen molar-refractivity contribution in [2.75, 3.05) is 13.2 Å². The van der Waals surface area contributed by atoms with Crippen LogP contribution in [0.5, 0.6) is 0 Å². The van der Waals surface area contributed by atoms with Gasteiger partial charge in [-0.25, -0.2) is 9.59 Å². The molecule has 0 heterocycles. The van der Waals surface area contributed by atoms with Crippen molar-refractivity contribution in [2.24, 2.45) is 0 Å². The number of hydrogen-bond acceptors (Lipinski definition) is 8. The molecule has 0 spiro atoms. The molecule has 0 unspecified atom stereocenters. The highest BCUT2D eigenvalue weighted by molar-refractivity contribution is 6.97. The molecule has 0 aliphatic carbocycles. The Hall–Kier alpha value is -2.23. The van der Waals surface area contributed by atoms with E-state index in [1.807, 2.05) is 0 Å². The second-order valence-corrected chi connectivity index (χ2v) is 4.65. The summed E-state index contributed by atoms with van der Waals surface area (Å²) in [5.74, 6) is -2.13. The van der Waals surface area contributed by atoms with Crippen LogP contribution in [0, 0.1) is 0 Å². The van der Waals surface area contributed by atoms with E-state index in [9.17, 15) is 28.8 Å². The van der Waals surface area contributed by atoms with Crippen molar-refractivity contribution in [2.45, 2.75) is 12.8 Å². The van der Waals surface area contributed by atoms with Crippen molar-refractivity contribution in [3.63, 3.8) is 0 Å². The number of esters is 2. The number of aliphatic carboxylic acids is 1. The molecule has 0 rings (SSSR count). The van der Waals surface area contributed by atoms with E-state index in [2.05, 4.69) is 45.8 Å². The van der Waals surface area contributed by atoms with Gasteiger partial charge in [0.15, 0.2) is 0 Å². The van der Waals surface area contributed by atoms with E-state index in [0.717, 1.165) is 12.2 Å². The first kappa shape index (κ1) is 28.6. The summed E-state index contributed by atoms with van der Waals surface area (Å²) in [5.41, 5.74) is 0.